The predicted octanol–water partition coefficient (Wildman–Crippen LogP) is 7.07. The van der Waals surface area contributed by atoms with Crippen LogP contribution in [-0.2, 0) is 13.6 Å². The summed E-state index contributed by atoms with van der Waals surface area (Å²) in [5.74, 6) is -0.0131. The minimum Gasteiger partial charge on any atom is -0.408 e. The Morgan fingerprint density at radius 2 is 1.60 bits per heavy atom. The first-order valence-corrected chi connectivity index (χ1v) is 20.3. The van der Waals surface area contributed by atoms with Crippen LogP contribution in [0.3, 0.4) is 0 Å². The summed E-state index contributed by atoms with van der Waals surface area (Å²) in [6.07, 6.45) is 0.747. The molecule has 3 heterocycles. The highest BCUT2D eigenvalue weighted by Crippen LogP contribution is 2.46. The molecule has 12 nitrogen and oxygen atoms in total. The second-order valence-corrected chi connectivity index (χ2v) is 23.5. The second-order valence-electron chi connectivity index (χ2n) is 14.0. The van der Waals surface area contributed by atoms with E-state index in [1.165, 1.54) is 6.33 Å². The Balaban J connectivity index is 1.79. The normalized spacial score (nSPS) is 21.5. The summed E-state index contributed by atoms with van der Waals surface area (Å²) in [6, 6.07) is 8.91. The van der Waals surface area contributed by atoms with Gasteiger partial charge < -0.3 is 18.9 Å². The Bertz CT molecular complexity index is 1490. The van der Waals surface area contributed by atoms with Crippen molar-refractivity contribution in [1.82, 2.24) is 19.5 Å². The van der Waals surface area contributed by atoms with Gasteiger partial charge in [0, 0.05) is 10.5 Å². The van der Waals surface area contributed by atoms with Crippen LogP contribution in [0.1, 0.15) is 58.1 Å². The summed E-state index contributed by atoms with van der Waals surface area (Å²) >= 11 is 0. The van der Waals surface area contributed by atoms with E-state index < -0.39 is 41.2 Å². The van der Waals surface area contributed by atoms with Crippen molar-refractivity contribution in [3.05, 3.63) is 59.0 Å². The fourth-order valence-electron chi connectivity index (χ4n) is 4.40. The molecule has 0 unspecified atom stereocenters. The summed E-state index contributed by atoms with van der Waals surface area (Å²) in [5, 5.41) is 6.58. The molecule has 0 radical (unpaired) electrons. The number of ether oxygens (including phenoxy) is 1. The first-order chi connectivity index (χ1) is 20.0. The zero-order valence-electron chi connectivity index (χ0n) is 26.8. The lowest BCUT2D eigenvalue weighted by Gasteiger charge is -2.44. The molecule has 1 saturated heterocycles. The zero-order chi connectivity index (χ0) is 31.8. The van der Waals surface area contributed by atoms with Crippen LogP contribution >= 0.6 is 0 Å². The predicted molar refractivity (Wildman–Crippen MR) is 172 cm³/mol. The van der Waals surface area contributed by atoms with Crippen molar-refractivity contribution in [2.24, 2.45) is 5.11 Å². The molecular weight excluding hydrogens is 581 g/mol. The Morgan fingerprint density at radius 1 is 1.00 bits per heavy atom. The van der Waals surface area contributed by atoms with Gasteiger partial charge in [-0.25, -0.2) is 15.0 Å². The van der Waals surface area contributed by atoms with E-state index in [2.05, 4.69) is 98.0 Å². The molecule has 1 N–H and O–H groups in total. The monoisotopic (exact) mass is 624 g/mol. The number of carbonyl (C=O) groups is 1. The van der Waals surface area contributed by atoms with Crippen LogP contribution in [0.15, 0.2) is 48.1 Å². The molecule has 1 amide bonds. The summed E-state index contributed by atoms with van der Waals surface area (Å²) in [6.45, 7) is 22.0. The SMILES string of the molecule is CC(C)(C)[Si](C)(C)O[C@@H]1[C@H](O[Si](C)(C)C(C)(C)C)[C@@H](CN=[N+]=[N-])O[C@H]1n1cnc2c(NC(=O)c3ccccc3)ncnc21. The molecule has 4 rings (SSSR count). The number of benzene rings is 1. The first kappa shape index (κ1) is 32.8. The van der Waals surface area contributed by atoms with Crippen molar-refractivity contribution >= 4 is 39.5 Å². The highest BCUT2D eigenvalue weighted by Gasteiger charge is 2.54. The van der Waals surface area contributed by atoms with E-state index in [1.807, 2.05) is 10.6 Å². The van der Waals surface area contributed by atoms with Gasteiger partial charge in [0.25, 0.3) is 5.91 Å². The molecule has 0 saturated carbocycles. The van der Waals surface area contributed by atoms with Crippen LogP contribution in [0, 0.1) is 0 Å². The topological polar surface area (TPSA) is 149 Å². The number of fused-ring (bicyclic) bond motifs is 1. The van der Waals surface area contributed by atoms with Crippen molar-refractivity contribution in [3.8, 4) is 0 Å². The van der Waals surface area contributed by atoms with Crippen molar-refractivity contribution in [1.29, 1.82) is 0 Å². The maximum Gasteiger partial charge on any atom is 0.256 e. The molecule has 1 aliphatic heterocycles. The van der Waals surface area contributed by atoms with Crippen molar-refractivity contribution in [3.63, 3.8) is 0 Å². The van der Waals surface area contributed by atoms with E-state index in [0.29, 0.717) is 16.7 Å². The van der Waals surface area contributed by atoms with Gasteiger partial charge in [-0.3, -0.25) is 9.36 Å². The Morgan fingerprint density at radius 3 is 2.19 bits per heavy atom. The number of nitrogens with one attached hydrogen (secondary N) is 1. The van der Waals surface area contributed by atoms with Gasteiger partial charge in [-0.05, 0) is 53.9 Å². The first-order valence-electron chi connectivity index (χ1n) is 14.5. The number of carbonyl (C=O) groups excluding carboxylic acids is 1. The molecule has 2 aromatic heterocycles. The molecular formula is C29H44N8O4Si2. The minimum absolute atomic E-state index is 0.0730. The van der Waals surface area contributed by atoms with Gasteiger partial charge in [0.1, 0.15) is 18.5 Å². The van der Waals surface area contributed by atoms with E-state index in [0.717, 1.165) is 0 Å². The standard InChI is InChI=1S/C29H44N8O4Si2/c1-28(2,3)42(7,8)40-22-20(16-34-36-30)39-27(23(22)41-43(9,10)29(4,5)6)37-18-33-21-24(31-17-32-25(21)37)35-26(38)19-14-12-11-13-15-19/h11-15,17-18,20,22-23,27H,16H2,1-10H3,(H,31,32,35,38)/t20-,22-,23-,27-/m1/s1. The number of nitrogens with zero attached hydrogens (tertiary/aromatic N) is 7. The van der Waals surface area contributed by atoms with Crippen LogP contribution in [0.5, 0.6) is 0 Å². The van der Waals surface area contributed by atoms with Crippen molar-refractivity contribution in [2.45, 2.75) is 102 Å². The van der Waals surface area contributed by atoms with Gasteiger partial charge in [-0.1, -0.05) is 64.9 Å². The van der Waals surface area contributed by atoms with Crippen LogP contribution in [0.2, 0.25) is 36.3 Å². The van der Waals surface area contributed by atoms with Gasteiger partial charge in [0.2, 0.25) is 0 Å². The molecule has 1 aliphatic rings. The third-order valence-electron chi connectivity index (χ3n) is 8.98. The third kappa shape index (κ3) is 6.84. The number of amides is 1. The number of imidazole rings is 1. The summed E-state index contributed by atoms with van der Waals surface area (Å²) in [4.78, 5) is 29.4. The highest BCUT2D eigenvalue weighted by molar-refractivity contribution is 6.74. The number of hydrogen-bond donors (Lipinski definition) is 1. The second kappa shape index (κ2) is 12.1. The maximum absolute atomic E-state index is 12.9. The summed E-state index contributed by atoms with van der Waals surface area (Å²) < 4.78 is 22.6. The minimum atomic E-state index is -2.36. The van der Waals surface area contributed by atoms with Crippen LogP contribution < -0.4 is 5.32 Å². The average Bonchev–Trinajstić information content (AvgIpc) is 3.48. The van der Waals surface area contributed by atoms with Crippen LogP contribution in [0.4, 0.5) is 5.82 Å². The molecule has 0 spiro atoms. The quantitative estimate of drug-likeness (QED) is 0.116. The van der Waals surface area contributed by atoms with E-state index in [9.17, 15) is 10.3 Å². The Hall–Kier alpha value is -3.14. The Kier molecular flexibility index (Phi) is 9.22. The van der Waals surface area contributed by atoms with Gasteiger partial charge in [-0.15, -0.1) is 0 Å². The maximum atomic E-state index is 12.9. The average molecular weight is 625 g/mol. The van der Waals surface area contributed by atoms with E-state index in [4.69, 9.17) is 13.6 Å². The van der Waals surface area contributed by atoms with Crippen molar-refractivity contribution in [2.75, 3.05) is 11.9 Å². The van der Waals surface area contributed by atoms with Gasteiger partial charge in [0.15, 0.2) is 39.8 Å². The zero-order valence-corrected chi connectivity index (χ0v) is 28.8. The largest absolute Gasteiger partial charge is 0.408 e. The van der Waals surface area contributed by atoms with Gasteiger partial charge in [-0.2, -0.15) is 0 Å². The highest BCUT2D eigenvalue weighted by atomic mass is 28.4. The molecule has 0 aliphatic carbocycles. The summed E-state index contributed by atoms with van der Waals surface area (Å²) in [5.41, 5.74) is 10.6. The van der Waals surface area contributed by atoms with E-state index in [1.54, 1.807) is 30.6 Å². The molecule has 3 aromatic rings. The van der Waals surface area contributed by atoms with Gasteiger partial charge in [0.05, 0.1) is 19.0 Å². The molecule has 232 valence electrons. The van der Waals surface area contributed by atoms with Crippen LogP contribution in [0.25, 0.3) is 21.6 Å². The van der Waals surface area contributed by atoms with Crippen molar-refractivity contribution < 1.29 is 18.4 Å². The number of aromatic nitrogens is 4. The number of rotatable bonds is 9. The summed E-state index contributed by atoms with van der Waals surface area (Å²) in [7, 11) is -4.68. The fraction of sp³-hybridized carbons (Fsp3) is 0.586. The lowest BCUT2D eigenvalue weighted by Crippen LogP contribution is -2.53. The smallest absolute Gasteiger partial charge is 0.256 e. The number of azide groups is 1. The molecule has 1 aromatic carbocycles. The molecule has 1 fully saturated rings. The molecule has 4 atom stereocenters. The third-order valence-corrected chi connectivity index (χ3v) is 17.9. The lowest BCUT2D eigenvalue weighted by molar-refractivity contribution is -0.0286. The van der Waals surface area contributed by atoms with E-state index in [-0.39, 0.29) is 28.3 Å². The fourth-order valence-corrected chi connectivity index (χ4v) is 7.00. The Labute approximate surface area is 255 Å². The number of hydrogen-bond acceptors (Lipinski definition) is 8. The lowest BCUT2D eigenvalue weighted by atomic mass is 10.1. The van der Waals surface area contributed by atoms with Crippen LogP contribution in [-0.4, -0.2) is 66.9 Å². The van der Waals surface area contributed by atoms with E-state index >= 15 is 0 Å². The molecule has 0 bridgehead atoms. The molecule has 43 heavy (non-hydrogen) atoms. The molecule has 14 heteroatoms. The van der Waals surface area contributed by atoms with Gasteiger partial charge >= 0.3 is 0 Å². The number of anilines is 1.